The van der Waals surface area contributed by atoms with Crippen molar-refractivity contribution in [3.05, 3.63) is 25.3 Å². The molecular weight excluding hydrogens is 340 g/mol. The average Bonchev–Trinajstić information content (AvgIpc) is 2.53. The Bertz CT molecular complexity index is 359. The highest BCUT2D eigenvalue weighted by molar-refractivity contribution is 6.44. The molecule has 3 nitrogen and oxygen atoms in total. The van der Waals surface area contributed by atoms with Gasteiger partial charge in [-0.15, -0.1) is 13.2 Å². The highest BCUT2D eigenvalue weighted by atomic mass is 28.3. The maximum atomic E-state index is 6.39. The summed E-state index contributed by atoms with van der Waals surface area (Å²) >= 11 is 0. The van der Waals surface area contributed by atoms with E-state index >= 15 is 0 Å². The van der Waals surface area contributed by atoms with Gasteiger partial charge in [-0.3, -0.25) is 0 Å². The first-order chi connectivity index (χ1) is 12.0. The van der Waals surface area contributed by atoms with Crippen LogP contribution in [0.4, 0.5) is 0 Å². The van der Waals surface area contributed by atoms with Crippen LogP contribution < -0.4 is 0 Å². The van der Waals surface area contributed by atoms with Crippen molar-refractivity contribution in [3.8, 4) is 0 Å². The molecule has 26 heavy (non-hydrogen) atoms. The summed E-state index contributed by atoms with van der Waals surface area (Å²) in [7, 11) is 0.234. The minimum atomic E-state index is -1.48. The molecule has 2 unspecified atom stereocenters. The Labute approximate surface area is 165 Å². The zero-order chi connectivity index (χ0) is 20.2. The predicted octanol–water partition coefficient (Wildman–Crippen LogP) is 6.24. The van der Waals surface area contributed by atoms with Gasteiger partial charge >= 0.3 is 9.28 Å². The molecule has 0 amide bonds. The Morgan fingerprint density at radius 2 is 1.23 bits per heavy atom. The molecule has 0 aromatic heterocycles. The fourth-order valence-electron chi connectivity index (χ4n) is 2.85. The van der Waals surface area contributed by atoms with Crippen molar-refractivity contribution in [2.75, 3.05) is 13.3 Å². The lowest BCUT2D eigenvalue weighted by Crippen LogP contribution is -2.44. The van der Waals surface area contributed by atoms with Gasteiger partial charge in [0.1, 0.15) is 0 Å². The average molecular weight is 384 g/mol. The van der Waals surface area contributed by atoms with E-state index in [4.69, 9.17) is 13.6 Å². The molecule has 0 aromatic rings. The zero-order valence-corrected chi connectivity index (χ0v) is 19.4. The zero-order valence-electron chi connectivity index (χ0n) is 18.4. The second-order valence-corrected chi connectivity index (χ2v) is 10.2. The molecule has 1 radical (unpaired) electrons. The van der Waals surface area contributed by atoms with Crippen LogP contribution in [-0.2, 0) is 13.6 Å². The third-order valence-corrected chi connectivity index (χ3v) is 6.81. The summed E-state index contributed by atoms with van der Waals surface area (Å²) in [6.07, 6.45) is 11.2. The van der Waals surface area contributed by atoms with Gasteiger partial charge in [0.15, 0.2) is 0 Å². The summed E-state index contributed by atoms with van der Waals surface area (Å²) in [5.41, 5.74) is -0.387. The Kier molecular flexibility index (Phi) is 12.7. The third kappa shape index (κ3) is 12.9. The largest absolute Gasteiger partial charge is 0.413 e. The minimum Gasteiger partial charge on any atom is -0.387 e. The first-order valence-corrected chi connectivity index (χ1v) is 11.6. The normalized spacial score (nSPS) is 15.1. The molecule has 0 aliphatic carbocycles. The molecule has 0 aliphatic rings. The number of ether oxygens (including phenoxy) is 1. The van der Waals surface area contributed by atoms with Crippen molar-refractivity contribution in [1.29, 1.82) is 0 Å². The number of methoxy groups -OCH3 is 1. The van der Waals surface area contributed by atoms with E-state index in [1.807, 2.05) is 12.2 Å². The summed E-state index contributed by atoms with van der Waals surface area (Å²) in [6, 6.07) is 0. The monoisotopic (exact) mass is 383 g/mol. The SMILES string of the molecule is C=CC(C)CCCC(C)(C)O[Si](COC)OC(C)(C)CCCC(C)C=C. The van der Waals surface area contributed by atoms with Crippen LogP contribution in [0, 0.1) is 11.8 Å². The molecule has 153 valence electrons. The minimum absolute atomic E-state index is 0.193. The van der Waals surface area contributed by atoms with Crippen LogP contribution in [0.3, 0.4) is 0 Å². The fraction of sp³-hybridized carbons (Fsp3) is 0.818. The first-order valence-electron chi connectivity index (χ1n) is 10.0. The van der Waals surface area contributed by atoms with E-state index in [0.29, 0.717) is 18.1 Å². The lowest BCUT2D eigenvalue weighted by Gasteiger charge is -2.34. The van der Waals surface area contributed by atoms with Crippen molar-refractivity contribution in [3.63, 3.8) is 0 Å². The second kappa shape index (κ2) is 12.9. The third-order valence-electron chi connectivity index (χ3n) is 4.72. The van der Waals surface area contributed by atoms with Crippen LogP contribution >= 0.6 is 0 Å². The van der Waals surface area contributed by atoms with E-state index in [2.05, 4.69) is 54.7 Å². The van der Waals surface area contributed by atoms with E-state index in [1.165, 1.54) is 0 Å². The standard InChI is InChI=1S/C22H43O3Si/c1-10-19(3)14-12-16-21(5,6)24-26(18-23-9)25-22(7,8)17-13-15-20(4)11-2/h10-11,19-20H,1-2,12-18H2,3-9H3. The van der Waals surface area contributed by atoms with Crippen LogP contribution in [0.25, 0.3) is 0 Å². The molecule has 0 fully saturated rings. The summed E-state index contributed by atoms with van der Waals surface area (Å²) < 4.78 is 18.2. The number of hydrogen-bond acceptors (Lipinski definition) is 3. The van der Waals surface area contributed by atoms with Gasteiger partial charge in [-0.1, -0.05) is 38.8 Å². The maximum Gasteiger partial charge on any atom is 0.413 e. The van der Waals surface area contributed by atoms with Gasteiger partial charge in [0, 0.05) is 7.11 Å². The molecular formula is C22H43O3Si. The van der Waals surface area contributed by atoms with E-state index in [9.17, 15) is 0 Å². The molecule has 0 spiro atoms. The van der Waals surface area contributed by atoms with Crippen molar-refractivity contribution >= 4 is 9.28 Å². The van der Waals surface area contributed by atoms with E-state index in [0.717, 1.165) is 38.5 Å². The quantitative estimate of drug-likeness (QED) is 0.233. The van der Waals surface area contributed by atoms with Crippen LogP contribution in [0.2, 0.25) is 0 Å². The Balaban J connectivity index is 4.54. The van der Waals surface area contributed by atoms with Crippen LogP contribution in [0.1, 0.15) is 80.1 Å². The highest BCUT2D eigenvalue weighted by Gasteiger charge is 2.32. The van der Waals surface area contributed by atoms with Gasteiger partial charge in [0.2, 0.25) is 0 Å². The van der Waals surface area contributed by atoms with Crippen molar-refractivity contribution in [1.82, 2.24) is 0 Å². The van der Waals surface area contributed by atoms with Gasteiger partial charge < -0.3 is 13.6 Å². The fourth-order valence-corrected chi connectivity index (χ4v) is 4.68. The molecule has 0 heterocycles. The Hall–Kier alpha value is -0.423. The van der Waals surface area contributed by atoms with Crippen LogP contribution in [-0.4, -0.2) is 33.8 Å². The van der Waals surface area contributed by atoms with Gasteiger partial charge in [0.25, 0.3) is 0 Å². The van der Waals surface area contributed by atoms with Crippen molar-refractivity contribution in [2.45, 2.75) is 91.3 Å². The molecule has 0 aromatic carbocycles. The Morgan fingerprint density at radius 3 is 1.54 bits per heavy atom. The number of hydrogen-bond donors (Lipinski definition) is 0. The van der Waals surface area contributed by atoms with Crippen LogP contribution in [0.5, 0.6) is 0 Å². The molecule has 0 aliphatic heterocycles. The van der Waals surface area contributed by atoms with E-state index in [1.54, 1.807) is 7.11 Å². The smallest absolute Gasteiger partial charge is 0.387 e. The molecule has 0 N–H and O–H groups in total. The van der Waals surface area contributed by atoms with Crippen molar-refractivity contribution in [2.24, 2.45) is 11.8 Å². The van der Waals surface area contributed by atoms with E-state index in [-0.39, 0.29) is 11.2 Å². The lowest BCUT2D eigenvalue weighted by molar-refractivity contribution is -0.00401. The van der Waals surface area contributed by atoms with Gasteiger partial charge in [-0.2, -0.15) is 0 Å². The lowest BCUT2D eigenvalue weighted by atomic mass is 9.97. The molecule has 0 rings (SSSR count). The van der Waals surface area contributed by atoms with Gasteiger partial charge in [0.05, 0.1) is 17.4 Å². The summed E-state index contributed by atoms with van der Waals surface area (Å²) in [5, 5.41) is 0. The molecule has 0 saturated carbocycles. The molecule has 0 bridgehead atoms. The molecule has 4 heteroatoms. The summed E-state index contributed by atoms with van der Waals surface area (Å²) in [5.74, 6) is 1.12. The number of allylic oxidation sites excluding steroid dienone is 2. The van der Waals surface area contributed by atoms with Gasteiger partial charge in [-0.05, 0) is 65.2 Å². The second-order valence-electron chi connectivity index (χ2n) is 8.74. The predicted molar refractivity (Wildman–Crippen MR) is 114 cm³/mol. The van der Waals surface area contributed by atoms with Gasteiger partial charge in [-0.25, -0.2) is 0 Å². The topological polar surface area (TPSA) is 27.7 Å². The van der Waals surface area contributed by atoms with Crippen molar-refractivity contribution < 1.29 is 13.6 Å². The van der Waals surface area contributed by atoms with Crippen LogP contribution in [0.15, 0.2) is 25.3 Å². The first kappa shape index (κ1) is 25.6. The van der Waals surface area contributed by atoms with E-state index < -0.39 is 9.28 Å². The highest BCUT2D eigenvalue weighted by Crippen LogP contribution is 2.26. The molecule has 2 atom stereocenters. The molecule has 0 saturated heterocycles. The maximum absolute atomic E-state index is 6.39. The summed E-state index contributed by atoms with van der Waals surface area (Å²) in [4.78, 5) is 0. The number of rotatable bonds is 16. The Morgan fingerprint density at radius 1 is 0.846 bits per heavy atom. The summed E-state index contributed by atoms with van der Waals surface area (Å²) in [6.45, 7) is 20.8.